The van der Waals surface area contributed by atoms with Crippen LogP contribution >= 0.6 is 0 Å². The van der Waals surface area contributed by atoms with E-state index in [9.17, 15) is 4.39 Å². The van der Waals surface area contributed by atoms with Gasteiger partial charge in [-0.3, -0.25) is 0 Å². The molecule has 1 aliphatic rings. The summed E-state index contributed by atoms with van der Waals surface area (Å²) in [6.45, 7) is 8.24. The van der Waals surface area contributed by atoms with Gasteiger partial charge < -0.3 is 15.0 Å². The Hall–Kier alpha value is -1.13. The minimum atomic E-state index is -0.174. The van der Waals surface area contributed by atoms with Crippen molar-refractivity contribution in [2.75, 3.05) is 37.7 Å². The van der Waals surface area contributed by atoms with Crippen LogP contribution in [0, 0.1) is 5.82 Å². The van der Waals surface area contributed by atoms with Gasteiger partial charge in [0.15, 0.2) is 0 Å². The summed E-state index contributed by atoms with van der Waals surface area (Å²) in [7, 11) is 0. The van der Waals surface area contributed by atoms with Crippen molar-refractivity contribution in [1.82, 2.24) is 5.32 Å². The first kappa shape index (κ1) is 13.3. The van der Waals surface area contributed by atoms with Gasteiger partial charge >= 0.3 is 0 Å². The van der Waals surface area contributed by atoms with Gasteiger partial charge in [-0.1, -0.05) is 6.92 Å². The summed E-state index contributed by atoms with van der Waals surface area (Å²) >= 11 is 0. The average Bonchev–Trinajstić information content (AvgIpc) is 2.40. The fourth-order valence-corrected chi connectivity index (χ4v) is 2.38. The first-order chi connectivity index (χ1) is 8.72. The van der Waals surface area contributed by atoms with Crippen LogP contribution in [-0.4, -0.2) is 32.8 Å². The Balaban J connectivity index is 2.27. The van der Waals surface area contributed by atoms with Gasteiger partial charge in [0.2, 0.25) is 0 Å². The van der Waals surface area contributed by atoms with E-state index in [1.807, 2.05) is 6.07 Å². The van der Waals surface area contributed by atoms with E-state index < -0.39 is 0 Å². The maximum atomic E-state index is 13.4. The van der Waals surface area contributed by atoms with Crippen molar-refractivity contribution in [2.24, 2.45) is 0 Å². The first-order valence-electron chi connectivity index (χ1n) is 6.58. The van der Waals surface area contributed by atoms with E-state index >= 15 is 0 Å². The van der Waals surface area contributed by atoms with Crippen LogP contribution in [0.1, 0.15) is 25.5 Å². The number of anilines is 1. The second-order valence-corrected chi connectivity index (χ2v) is 4.58. The molecule has 0 radical (unpaired) electrons. The lowest BCUT2D eigenvalue weighted by Gasteiger charge is -2.32. The van der Waals surface area contributed by atoms with Crippen molar-refractivity contribution in [3.8, 4) is 0 Å². The van der Waals surface area contributed by atoms with Crippen molar-refractivity contribution in [2.45, 2.75) is 19.9 Å². The highest BCUT2D eigenvalue weighted by atomic mass is 19.1. The van der Waals surface area contributed by atoms with Gasteiger partial charge in [-0.2, -0.15) is 0 Å². The summed E-state index contributed by atoms with van der Waals surface area (Å²) in [6.07, 6.45) is 0. The van der Waals surface area contributed by atoms with Crippen LogP contribution in [0.15, 0.2) is 18.2 Å². The molecule has 0 saturated carbocycles. The number of hydrogen-bond acceptors (Lipinski definition) is 3. The molecule has 0 spiro atoms. The van der Waals surface area contributed by atoms with E-state index in [0.717, 1.165) is 44.1 Å². The van der Waals surface area contributed by atoms with Gasteiger partial charge in [-0.15, -0.1) is 0 Å². The van der Waals surface area contributed by atoms with Gasteiger partial charge in [-0.25, -0.2) is 4.39 Å². The number of rotatable bonds is 4. The Bertz CT molecular complexity index is 391. The topological polar surface area (TPSA) is 24.5 Å². The number of nitrogens with one attached hydrogen (secondary N) is 1. The number of halogens is 1. The van der Waals surface area contributed by atoms with Crippen LogP contribution in [0.25, 0.3) is 0 Å². The molecule has 100 valence electrons. The molecule has 1 fully saturated rings. The standard InChI is InChI=1S/C14H21FN2O/c1-3-16-11(2)13-10-12(15)4-5-14(13)17-6-8-18-9-7-17/h4-5,10-11,16H,3,6-9H2,1-2H3. The SMILES string of the molecule is CCNC(C)c1cc(F)ccc1N1CCOCC1. The van der Waals surface area contributed by atoms with Crippen LogP contribution in [0.5, 0.6) is 0 Å². The Kier molecular flexibility index (Phi) is 4.55. The molecule has 1 aromatic rings. The molecule has 1 heterocycles. The van der Waals surface area contributed by atoms with E-state index in [1.54, 1.807) is 6.07 Å². The molecule has 0 amide bonds. The van der Waals surface area contributed by atoms with E-state index in [2.05, 4.69) is 24.1 Å². The molecule has 1 atom stereocenters. The molecule has 2 rings (SSSR count). The van der Waals surface area contributed by atoms with E-state index in [0.29, 0.717) is 0 Å². The molecule has 1 N–H and O–H groups in total. The van der Waals surface area contributed by atoms with Crippen molar-refractivity contribution < 1.29 is 9.13 Å². The largest absolute Gasteiger partial charge is 0.378 e. The molecule has 18 heavy (non-hydrogen) atoms. The minimum Gasteiger partial charge on any atom is -0.378 e. The molecule has 0 aromatic heterocycles. The predicted octanol–water partition coefficient (Wildman–Crippen LogP) is 2.33. The Labute approximate surface area is 108 Å². The van der Waals surface area contributed by atoms with Crippen molar-refractivity contribution in [3.63, 3.8) is 0 Å². The summed E-state index contributed by atoms with van der Waals surface area (Å²) in [5.41, 5.74) is 2.15. The molecule has 1 unspecified atom stereocenters. The van der Waals surface area contributed by atoms with Crippen LogP contribution in [0.4, 0.5) is 10.1 Å². The fraction of sp³-hybridized carbons (Fsp3) is 0.571. The normalized spacial score (nSPS) is 17.8. The molecular weight excluding hydrogens is 231 g/mol. The number of morpholine rings is 1. The highest BCUT2D eigenvalue weighted by molar-refractivity contribution is 5.55. The van der Waals surface area contributed by atoms with Gasteiger partial charge in [0.1, 0.15) is 5.82 Å². The van der Waals surface area contributed by atoms with Crippen molar-refractivity contribution in [1.29, 1.82) is 0 Å². The highest BCUT2D eigenvalue weighted by Gasteiger charge is 2.18. The Morgan fingerprint density at radius 3 is 2.78 bits per heavy atom. The monoisotopic (exact) mass is 252 g/mol. The van der Waals surface area contributed by atoms with Gasteiger partial charge in [0, 0.05) is 24.8 Å². The van der Waals surface area contributed by atoms with E-state index in [4.69, 9.17) is 4.74 Å². The van der Waals surface area contributed by atoms with Crippen molar-refractivity contribution >= 4 is 5.69 Å². The van der Waals surface area contributed by atoms with E-state index in [-0.39, 0.29) is 11.9 Å². The first-order valence-corrected chi connectivity index (χ1v) is 6.58. The maximum absolute atomic E-state index is 13.4. The van der Waals surface area contributed by atoms with Crippen LogP contribution < -0.4 is 10.2 Å². The zero-order valence-electron chi connectivity index (χ0n) is 11.1. The molecule has 1 aromatic carbocycles. The average molecular weight is 252 g/mol. The molecule has 1 saturated heterocycles. The molecule has 0 aliphatic carbocycles. The summed E-state index contributed by atoms with van der Waals surface area (Å²) in [4.78, 5) is 2.27. The highest BCUT2D eigenvalue weighted by Crippen LogP contribution is 2.28. The summed E-state index contributed by atoms with van der Waals surface area (Å²) < 4.78 is 18.8. The van der Waals surface area contributed by atoms with Crippen LogP contribution in [-0.2, 0) is 4.74 Å². The van der Waals surface area contributed by atoms with Gasteiger partial charge in [0.25, 0.3) is 0 Å². The van der Waals surface area contributed by atoms with E-state index in [1.165, 1.54) is 6.07 Å². The molecule has 4 heteroatoms. The van der Waals surface area contributed by atoms with Gasteiger partial charge in [0.05, 0.1) is 13.2 Å². The Morgan fingerprint density at radius 2 is 2.11 bits per heavy atom. The fourth-order valence-electron chi connectivity index (χ4n) is 2.38. The Morgan fingerprint density at radius 1 is 1.39 bits per heavy atom. The lowest BCUT2D eigenvalue weighted by atomic mass is 10.0. The number of hydrogen-bond donors (Lipinski definition) is 1. The summed E-state index contributed by atoms with van der Waals surface area (Å²) in [6, 6.07) is 5.21. The van der Waals surface area contributed by atoms with Crippen LogP contribution in [0.3, 0.4) is 0 Å². The molecule has 3 nitrogen and oxygen atoms in total. The summed E-state index contributed by atoms with van der Waals surface area (Å²) in [5, 5.41) is 3.34. The predicted molar refractivity (Wildman–Crippen MR) is 71.5 cm³/mol. The molecule has 0 bridgehead atoms. The third-order valence-electron chi connectivity index (χ3n) is 3.32. The molecule has 1 aliphatic heterocycles. The smallest absolute Gasteiger partial charge is 0.123 e. The number of ether oxygens (including phenoxy) is 1. The second-order valence-electron chi connectivity index (χ2n) is 4.58. The van der Waals surface area contributed by atoms with Crippen molar-refractivity contribution in [3.05, 3.63) is 29.6 Å². The number of benzene rings is 1. The zero-order chi connectivity index (χ0) is 13.0. The third kappa shape index (κ3) is 3.00. The summed E-state index contributed by atoms with van der Waals surface area (Å²) in [5.74, 6) is -0.174. The quantitative estimate of drug-likeness (QED) is 0.890. The zero-order valence-corrected chi connectivity index (χ0v) is 11.1. The lowest BCUT2D eigenvalue weighted by Crippen LogP contribution is -2.37. The second kappa shape index (κ2) is 6.16. The molecular formula is C14H21FN2O. The van der Waals surface area contributed by atoms with Gasteiger partial charge in [-0.05, 0) is 37.2 Å². The lowest BCUT2D eigenvalue weighted by molar-refractivity contribution is 0.122. The number of nitrogens with zero attached hydrogens (tertiary/aromatic N) is 1. The maximum Gasteiger partial charge on any atom is 0.123 e. The third-order valence-corrected chi connectivity index (χ3v) is 3.32. The minimum absolute atomic E-state index is 0.156. The van der Waals surface area contributed by atoms with Crippen LogP contribution in [0.2, 0.25) is 0 Å².